The Labute approximate surface area is 327 Å². The molecule has 1 saturated heterocycles. The second-order valence-corrected chi connectivity index (χ2v) is 13.8. The van der Waals surface area contributed by atoms with E-state index in [0.717, 1.165) is 28.5 Å². The average Bonchev–Trinajstić information content (AvgIpc) is 3.40. The highest BCUT2D eigenvalue weighted by atomic mass is 16.5. The molecular weight excluding hydrogens is 714 g/mol. The number of carbonyl (C=O) groups excluding carboxylic acids is 5. The van der Waals surface area contributed by atoms with Gasteiger partial charge in [-0.1, -0.05) is 121 Å². The summed E-state index contributed by atoms with van der Waals surface area (Å²) in [6.07, 6.45) is 1.05. The zero-order valence-corrected chi connectivity index (χ0v) is 31.5. The summed E-state index contributed by atoms with van der Waals surface area (Å²) in [6.45, 7) is 0.377. The Hall–Kier alpha value is -5.69. The Kier molecular flexibility index (Phi) is 16.3. The summed E-state index contributed by atoms with van der Waals surface area (Å²) in [5.41, 5.74) is 2.15. The minimum atomic E-state index is -1.12. The molecule has 56 heavy (non-hydrogen) atoms. The molecular formula is C44H49N3O9. The largest absolute Gasteiger partial charge is 0.460 e. The molecule has 0 radical (unpaired) electrons. The van der Waals surface area contributed by atoms with Gasteiger partial charge >= 0.3 is 23.9 Å². The van der Waals surface area contributed by atoms with Crippen LogP contribution in [0, 0.1) is 0 Å². The smallest absolute Gasteiger partial charge is 0.320 e. The van der Waals surface area contributed by atoms with Crippen molar-refractivity contribution < 1.29 is 42.9 Å². The highest BCUT2D eigenvalue weighted by Crippen LogP contribution is 2.28. The summed E-state index contributed by atoms with van der Waals surface area (Å²) in [5.74, 6) is -2.13. The van der Waals surface area contributed by atoms with Crippen LogP contribution < -0.4 is 0 Å². The van der Waals surface area contributed by atoms with Gasteiger partial charge in [-0.05, 0) is 28.7 Å². The quantitative estimate of drug-likeness (QED) is 0.0709. The van der Waals surface area contributed by atoms with Crippen molar-refractivity contribution in [3.05, 3.63) is 144 Å². The first-order chi connectivity index (χ1) is 27.3. The fourth-order valence-corrected chi connectivity index (χ4v) is 6.64. The Balaban J connectivity index is 1.41. The lowest BCUT2D eigenvalue weighted by atomic mass is 9.89. The van der Waals surface area contributed by atoms with Gasteiger partial charge in [0.2, 0.25) is 0 Å². The average molecular weight is 764 g/mol. The number of nitrogens with zero attached hydrogens (tertiary/aromatic N) is 3. The lowest BCUT2D eigenvalue weighted by Crippen LogP contribution is -2.62. The Morgan fingerprint density at radius 3 is 1.16 bits per heavy atom. The summed E-state index contributed by atoms with van der Waals surface area (Å²) >= 11 is 0. The van der Waals surface area contributed by atoms with Gasteiger partial charge < -0.3 is 23.7 Å². The summed E-state index contributed by atoms with van der Waals surface area (Å²) < 4.78 is 22.7. The SMILES string of the molecule is O=CCCC1(N(CC(=O)OCc2ccccc2)CC(=O)OCc2ccccc2)CN(CC(=O)OCc2ccccc2)CCN(CC(=O)OCc2ccccc2)C1. The number of ether oxygens (including phenoxy) is 4. The van der Waals surface area contributed by atoms with E-state index in [0.29, 0.717) is 13.1 Å². The van der Waals surface area contributed by atoms with E-state index in [1.54, 1.807) is 4.90 Å². The number of hydrogen-bond donors (Lipinski definition) is 0. The predicted molar refractivity (Wildman–Crippen MR) is 207 cm³/mol. The van der Waals surface area contributed by atoms with Gasteiger partial charge in [-0.2, -0.15) is 0 Å². The van der Waals surface area contributed by atoms with Crippen molar-refractivity contribution in [3.8, 4) is 0 Å². The maximum atomic E-state index is 13.6. The van der Waals surface area contributed by atoms with Crippen LogP contribution in [0.5, 0.6) is 0 Å². The number of aldehydes is 1. The first kappa shape index (κ1) is 41.5. The summed E-state index contributed by atoms with van der Waals surface area (Å²) in [7, 11) is 0. The van der Waals surface area contributed by atoms with E-state index in [-0.39, 0.29) is 78.5 Å². The molecule has 1 heterocycles. The standard InChI is InChI=1S/C44H49N3O9/c48-25-13-22-44(47(28-42(51)55-32-38-18-9-3-10-19-38)29-43(52)56-33-39-20-11-4-12-21-39)34-45(26-40(49)53-30-36-14-5-1-6-15-36)23-24-46(35-44)27-41(50)54-31-37-16-7-2-8-17-37/h1-12,14-21,25H,13,22-24,26-35H2. The fraction of sp³-hybridized carbons (Fsp3) is 0.341. The molecule has 4 aromatic carbocycles. The molecule has 1 aliphatic heterocycles. The Morgan fingerprint density at radius 2 is 0.839 bits per heavy atom. The van der Waals surface area contributed by atoms with Gasteiger partial charge in [0.05, 0.1) is 26.2 Å². The first-order valence-electron chi connectivity index (χ1n) is 18.7. The van der Waals surface area contributed by atoms with E-state index < -0.39 is 29.4 Å². The van der Waals surface area contributed by atoms with Gasteiger partial charge in [-0.3, -0.25) is 33.9 Å². The molecule has 12 heteroatoms. The van der Waals surface area contributed by atoms with Crippen molar-refractivity contribution in [2.45, 2.75) is 44.8 Å². The minimum Gasteiger partial charge on any atom is -0.460 e. The van der Waals surface area contributed by atoms with Crippen LogP contribution >= 0.6 is 0 Å². The second kappa shape index (κ2) is 22.0. The van der Waals surface area contributed by atoms with Crippen LogP contribution in [0.25, 0.3) is 0 Å². The summed E-state index contributed by atoms with van der Waals surface area (Å²) in [5, 5.41) is 0. The van der Waals surface area contributed by atoms with Crippen molar-refractivity contribution in [3.63, 3.8) is 0 Å². The Bertz CT molecular complexity index is 1700. The number of hydrogen-bond acceptors (Lipinski definition) is 12. The number of rotatable bonds is 20. The van der Waals surface area contributed by atoms with E-state index in [2.05, 4.69) is 0 Å². The minimum absolute atomic E-state index is 0.0199. The normalized spacial score (nSPS) is 14.3. The van der Waals surface area contributed by atoms with E-state index in [4.69, 9.17) is 18.9 Å². The molecule has 0 aliphatic carbocycles. The third-order valence-electron chi connectivity index (χ3n) is 9.48. The van der Waals surface area contributed by atoms with E-state index in [1.807, 2.05) is 131 Å². The first-order valence-corrected chi connectivity index (χ1v) is 18.7. The van der Waals surface area contributed by atoms with Crippen molar-refractivity contribution in [2.75, 3.05) is 52.4 Å². The van der Waals surface area contributed by atoms with Gasteiger partial charge in [0.1, 0.15) is 32.7 Å². The van der Waals surface area contributed by atoms with E-state index >= 15 is 0 Å². The van der Waals surface area contributed by atoms with Gasteiger partial charge in [0, 0.05) is 38.1 Å². The highest BCUT2D eigenvalue weighted by Gasteiger charge is 2.44. The van der Waals surface area contributed by atoms with Gasteiger partial charge in [0.25, 0.3) is 0 Å². The van der Waals surface area contributed by atoms with E-state index in [1.165, 1.54) is 0 Å². The fourth-order valence-electron chi connectivity index (χ4n) is 6.64. The predicted octanol–water partition coefficient (Wildman–Crippen LogP) is 4.60. The van der Waals surface area contributed by atoms with Crippen LogP contribution in [-0.4, -0.2) is 103 Å². The molecule has 0 N–H and O–H groups in total. The van der Waals surface area contributed by atoms with Crippen LogP contribution in [0.4, 0.5) is 0 Å². The van der Waals surface area contributed by atoms with Crippen LogP contribution in [0.2, 0.25) is 0 Å². The number of esters is 4. The molecule has 0 amide bonds. The zero-order chi connectivity index (χ0) is 39.4. The molecule has 5 rings (SSSR count). The van der Waals surface area contributed by atoms with Gasteiger partial charge in [-0.15, -0.1) is 0 Å². The van der Waals surface area contributed by atoms with Crippen LogP contribution in [-0.2, 0) is 69.3 Å². The number of carbonyl (C=O) groups is 5. The lowest BCUT2D eigenvalue weighted by Gasteiger charge is -2.45. The maximum absolute atomic E-state index is 13.6. The van der Waals surface area contributed by atoms with Crippen LogP contribution in [0.15, 0.2) is 121 Å². The molecule has 1 fully saturated rings. The maximum Gasteiger partial charge on any atom is 0.320 e. The highest BCUT2D eigenvalue weighted by molar-refractivity contribution is 5.76. The van der Waals surface area contributed by atoms with Crippen molar-refractivity contribution in [1.82, 2.24) is 14.7 Å². The van der Waals surface area contributed by atoms with E-state index in [9.17, 15) is 24.0 Å². The van der Waals surface area contributed by atoms with Gasteiger partial charge in [0.15, 0.2) is 0 Å². The third kappa shape index (κ3) is 13.9. The molecule has 0 saturated carbocycles. The Morgan fingerprint density at radius 1 is 0.518 bits per heavy atom. The third-order valence-corrected chi connectivity index (χ3v) is 9.48. The molecule has 4 aromatic rings. The monoisotopic (exact) mass is 763 g/mol. The second-order valence-electron chi connectivity index (χ2n) is 13.8. The molecule has 294 valence electrons. The van der Waals surface area contributed by atoms with Crippen molar-refractivity contribution in [2.24, 2.45) is 0 Å². The summed E-state index contributed by atoms with van der Waals surface area (Å²) in [4.78, 5) is 71.3. The molecule has 0 unspecified atom stereocenters. The van der Waals surface area contributed by atoms with Crippen LogP contribution in [0.1, 0.15) is 35.1 Å². The number of benzene rings is 4. The molecule has 12 nitrogen and oxygen atoms in total. The van der Waals surface area contributed by atoms with Crippen molar-refractivity contribution >= 4 is 30.2 Å². The molecule has 0 aromatic heterocycles. The zero-order valence-electron chi connectivity index (χ0n) is 31.5. The molecule has 0 atom stereocenters. The van der Waals surface area contributed by atoms with Crippen LogP contribution in [0.3, 0.4) is 0 Å². The molecule has 0 spiro atoms. The summed E-state index contributed by atoms with van der Waals surface area (Å²) in [6, 6.07) is 37.1. The topological polar surface area (TPSA) is 132 Å². The molecule has 1 aliphatic rings. The van der Waals surface area contributed by atoms with Crippen molar-refractivity contribution in [1.29, 1.82) is 0 Å². The van der Waals surface area contributed by atoms with Gasteiger partial charge in [-0.25, -0.2) is 0 Å². The molecule has 0 bridgehead atoms. The lowest BCUT2D eigenvalue weighted by molar-refractivity contribution is -0.156.